The quantitative estimate of drug-likeness (QED) is 0.928. The molecule has 0 saturated carbocycles. The predicted molar refractivity (Wildman–Crippen MR) is 82.7 cm³/mol. The van der Waals surface area contributed by atoms with Crippen molar-refractivity contribution >= 4 is 5.91 Å². The van der Waals surface area contributed by atoms with Gasteiger partial charge in [-0.15, -0.1) is 0 Å². The van der Waals surface area contributed by atoms with Crippen molar-refractivity contribution in [2.75, 3.05) is 32.8 Å². The average molecular weight is 288 g/mol. The van der Waals surface area contributed by atoms with E-state index in [0.29, 0.717) is 12.0 Å². The number of carbonyl (C=O) groups excluding carboxylic acids is 1. The highest BCUT2D eigenvalue weighted by Gasteiger charge is 2.40. The summed E-state index contributed by atoms with van der Waals surface area (Å²) in [5.74, 6) is 0.985. The lowest BCUT2D eigenvalue weighted by Crippen LogP contribution is -2.39. The number of carbonyl (C=O) groups is 1. The van der Waals surface area contributed by atoms with Crippen molar-refractivity contribution in [1.29, 1.82) is 0 Å². The minimum atomic E-state index is 0.161. The molecule has 2 fully saturated rings. The van der Waals surface area contributed by atoms with Crippen molar-refractivity contribution in [3.05, 3.63) is 29.8 Å². The maximum absolute atomic E-state index is 12.6. The zero-order valence-corrected chi connectivity index (χ0v) is 12.7. The molecule has 1 N–H and O–H groups in total. The summed E-state index contributed by atoms with van der Waals surface area (Å²) in [6.07, 6.45) is 3.54. The van der Waals surface area contributed by atoms with Crippen LogP contribution in [0.4, 0.5) is 0 Å². The van der Waals surface area contributed by atoms with Crippen LogP contribution in [0, 0.1) is 5.41 Å². The Morgan fingerprint density at radius 1 is 1.24 bits per heavy atom. The summed E-state index contributed by atoms with van der Waals surface area (Å²) >= 11 is 0. The lowest BCUT2D eigenvalue weighted by atomic mass is 9.78. The van der Waals surface area contributed by atoms with Gasteiger partial charge < -0.3 is 15.0 Å². The molecule has 1 spiro atoms. The van der Waals surface area contributed by atoms with E-state index in [0.717, 1.165) is 43.9 Å². The van der Waals surface area contributed by atoms with Gasteiger partial charge in [-0.1, -0.05) is 0 Å². The first-order chi connectivity index (χ1) is 10.2. The van der Waals surface area contributed by atoms with Crippen LogP contribution in [0.2, 0.25) is 0 Å². The minimum absolute atomic E-state index is 0.161. The molecule has 4 heteroatoms. The van der Waals surface area contributed by atoms with Crippen LogP contribution in [0.5, 0.6) is 5.75 Å². The Bertz CT molecular complexity index is 492. The number of ether oxygens (including phenoxy) is 1. The molecule has 0 atom stereocenters. The Balaban J connectivity index is 1.65. The number of rotatable bonds is 3. The highest BCUT2D eigenvalue weighted by molar-refractivity contribution is 5.94. The Morgan fingerprint density at radius 2 is 1.95 bits per heavy atom. The van der Waals surface area contributed by atoms with Crippen molar-refractivity contribution in [2.45, 2.75) is 26.2 Å². The molecule has 1 aromatic rings. The fraction of sp³-hybridized carbons (Fsp3) is 0.588. The maximum Gasteiger partial charge on any atom is 0.253 e. The molecule has 4 nitrogen and oxygen atoms in total. The molecule has 114 valence electrons. The molecule has 2 heterocycles. The fourth-order valence-corrected chi connectivity index (χ4v) is 3.52. The summed E-state index contributed by atoms with van der Waals surface area (Å²) in [5.41, 5.74) is 1.14. The second-order valence-corrected chi connectivity index (χ2v) is 6.18. The molecule has 2 aliphatic heterocycles. The number of hydrogen-bond acceptors (Lipinski definition) is 3. The predicted octanol–water partition coefficient (Wildman–Crippen LogP) is 2.30. The topological polar surface area (TPSA) is 41.6 Å². The lowest BCUT2D eigenvalue weighted by Gasteiger charge is -2.33. The number of hydrogen-bond donors (Lipinski definition) is 1. The maximum atomic E-state index is 12.6. The van der Waals surface area contributed by atoms with Gasteiger partial charge in [0.1, 0.15) is 5.75 Å². The summed E-state index contributed by atoms with van der Waals surface area (Å²) in [5, 5.41) is 3.41. The third kappa shape index (κ3) is 3.05. The molecule has 0 unspecified atom stereocenters. The molecule has 21 heavy (non-hydrogen) atoms. The van der Waals surface area contributed by atoms with E-state index in [2.05, 4.69) is 5.32 Å². The Morgan fingerprint density at radius 3 is 2.62 bits per heavy atom. The molecule has 2 aliphatic rings. The van der Waals surface area contributed by atoms with Crippen molar-refractivity contribution < 1.29 is 9.53 Å². The first-order valence-electron chi connectivity index (χ1n) is 7.95. The van der Waals surface area contributed by atoms with Crippen LogP contribution in [-0.2, 0) is 0 Å². The number of nitrogens with zero attached hydrogens (tertiary/aromatic N) is 1. The smallest absolute Gasteiger partial charge is 0.253 e. The van der Waals surface area contributed by atoms with E-state index in [1.54, 1.807) is 0 Å². The van der Waals surface area contributed by atoms with E-state index in [9.17, 15) is 4.79 Å². The van der Waals surface area contributed by atoms with Crippen LogP contribution in [0.25, 0.3) is 0 Å². The van der Waals surface area contributed by atoms with Gasteiger partial charge >= 0.3 is 0 Å². The number of nitrogens with one attached hydrogen (secondary N) is 1. The van der Waals surface area contributed by atoms with E-state index in [-0.39, 0.29) is 5.91 Å². The van der Waals surface area contributed by atoms with Gasteiger partial charge in [-0.05, 0) is 69.0 Å². The number of benzene rings is 1. The van der Waals surface area contributed by atoms with Gasteiger partial charge in [0.25, 0.3) is 5.91 Å². The van der Waals surface area contributed by atoms with Crippen LogP contribution in [-0.4, -0.2) is 43.6 Å². The van der Waals surface area contributed by atoms with E-state index in [4.69, 9.17) is 4.74 Å². The van der Waals surface area contributed by atoms with Crippen LogP contribution in [0.1, 0.15) is 36.5 Å². The van der Waals surface area contributed by atoms with Crippen molar-refractivity contribution in [3.63, 3.8) is 0 Å². The third-order valence-corrected chi connectivity index (χ3v) is 4.80. The zero-order valence-electron chi connectivity index (χ0n) is 12.7. The van der Waals surface area contributed by atoms with E-state index in [1.807, 2.05) is 36.1 Å². The van der Waals surface area contributed by atoms with E-state index >= 15 is 0 Å². The third-order valence-electron chi connectivity index (χ3n) is 4.80. The highest BCUT2D eigenvalue weighted by Crippen LogP contribution is 2.39. The summed E-state index contributed by atoms with van der Waals surface area (Å²) in [6, 6.07) is 7.52. The van der Waals surface area contributed by atoms with Crippen LogP contribution >= 0.6 is 0 Å². The largest absolute Gasteiger partial charge is 0.494 e. The molecule has 3 rings (SSSR count). The van der Waals surface area contributed by atoms with Crippen molar-refractivity contribution in [2.24, 2.45) is 5.41 Å². The van der Waals surface area contributed by atoms with E-state index in [1.165, 1.54) is 12.8 Å². The normalized spacial score (nSPS) is 20.7. The highest BCUT2D eigenvalue weighted by atomic mass is 16.5. The Hall–Kier alpha value is -1.55. The SMILES string of the molecule is CCOc1ccc(C(=O)N2CCC3(CCNCC3)C2)cc1. The van der Waals surface area contributed by atoms with E-state index < -0.39 is 0 Å². The van der Waals surface area contributed by atoms with Crippen molar-refractivity contribution in [3.8, 4) is 5.75 Å². The molecule has 2 saturated heterocycles. The summed E-state index contributed by atoms with van der Waals surface area (Å²) in [7, 11) is 0. The number of likely N-dealkylation sites (tertiary alicyclic amines) is 1. The van der Waals surface area contributed by atoms with Gasteiger partial charge in [-0.3, -0.25) is 4.79 Å². The summed E-state index contributed by atoms with van der Waals surface area (Å²) in [4.78, 5) is 14.6. The first kappa shape index (κ1) is 14.4. The molecular weight excluding hydrogens is 264 g/mol. The standard InChI is InChI=1S/C17H24N2O2/c1-2-21-15-5-3-14(4-6-15)16(20)19-12-9-17(13-19)7-10-18-11-8-17/h3-6,18H,2,7-13H2,1H3. The lowest BCUT2D eigenvalue weighted by molar-refractivity contribution is 0.0762. The second kappa shape index (κ2) is 6.06. The van der Waals surface area contributed by atoms with Gasteiger partial charge in [0.05, 0.1) is 6.61 Å². The second-order valence-electron chi connectivity index (χ2n) is 6.18. The van der Waals surface area contributed by atoms with Gasteiger partial charge in [0.2, 0.25) is 0 Å². The van der Waals surface area contributed by atoms with Crippen molar-refractivity contribution in [1.82, 2.24) is 10.2 Å². The average Bonchev–Trinajstić information content (AvgIpc) is 2.92. The Kier molecular flexibility index (Phi) is 4.15. The Labute approximate surface area is 126 Å². The van der Waals surface area contributed by atoms with Crippen LogP contribution in [0.15, 0.2) is 24.3 Å². The minimum Gasteiger partial charge on any atom is -0.494 e. The number of amides is 1. The molecule has 1 aromatic carbocycles. The molecular formula is C17H24N2O2. The van der Waals surface area contributed by atoms with Gasteiger partial charge in [0.15, 0.2) is 0 Å². The van der Waals surface area contributed by atoms with Gasteiger partial charge in [0, 0.05) is 18.7 Å². The summed E-state index contributed by atoms with van der Waals surface area (Å²) < 4.78 is 5.42. The fourth-order valence-electron chi connectivity index (χ4n) is 3.52. The first-order valence-corrected chi connectivity index (χ1v) is 7.95. The zero-order chi connectivity index (χ0) is 14.7. The van der Waals surface area contributed by atoms with Crippen LogP contribution in [0.3, 0.4) is 0 Å². The molecule has 1 amide bonds. The monoisotopic (exact) mass is 288 g/mol. The summed E-state index contributed by atoms with van der Waals surface area (Å²) in [6.45, 7) is 6.60. The molecule has 0 bridgehead atoms. The molecule has 0 radical (unpaired) electrons. The molecule has 0 aromatic heterocycles. The number of piperidine rings is 1. The molecule has 0 aliphatic carbocycles. The van der Waals surface area contributed by atoms with Gasteiger partial charge in [-0.25, -0.2) is 0 Å². The van der Waals surface area contributed by atoms with Gasteiger partial charge in [-0.2, -0.15) is 0 Å². The van der Waals surface area contributed by atoms with Crippen LogP contribution < -0.4 is 10.1 Å².